The molecule has 86 valence electrons. The molecular formula is C12H15FN2S. The molecule has 0 unspecified atom stereocenters. The minimum atomic E-state index is -0.148. The van der Waals surface area contributed by atoms with Gasteiger partial charge in [0.25, 0.3) is 0 Å². The van der Waals surface area contributed by atoms with Crippen molar-refractivity contribution in [3.63, 3.8) is 0 Å². The van der Waals surface area contributed by atoms with Gasteiger partial charge >= 0.3 is 0 Å². The second kappa shape index (κ2) is 4.49. The standard InChI is InChI=1S/C12H15FN2S/c1-15(2)7-8-11(6-14)16-10-5-3-4-9(13)12(8)10/h3-5H,6-7,14H2,1-2H3. The Morgan fingerprint density at radius 1 is 1.38 bits per heavy atom. The second-order valence-electron chi connectivity index (χ2n) is 4.06. The average Bonchev–Trinajstić information content (AvgIpc) is 2.57. The van der Waals surface area contributed by atoms with Crippen molar-refractivity contribution >= 4 is 21.4 Å². The van der Waals surface area contributed by atoms with Crippen LogP contribution in [0.4, 0.5) is 4.39 Å². The highest BCUT2D eigenvalue weighted by molar-refractivity contribution is 7.19. The van der Waals surface area contributed by atoms with Gasteiger partial charge in [-0.15, -0.1) is 11.3 Å². The van der Waals surface area contributed by atoms with E-state index in [0.29, 0.717) is 6.54 Å². The maximum absolute atomic E-state index is 13.8. The van der Waals surface area contributed by atoms with Crippen LogP contribution < -0.4 is 5.73 Å². The molecule has 16 heavy (non-hydrogen) atoms. The number of halogens is 1. The van der Waals surface area contributed by atoms with Gasteiger partial charge < -0.3 is 10.6 Å². The number of nitrogens with two attached hydrogens (primary N) is 1. The van der Waals surface area contributed by atoms with Crippen molar-refractivity contribution in [1.29, 1.82) is 0 Å². The third-order valence-corrected chi connectivity index (χ3v) is 3.73. The Labute approximate surface area is 98.5 Å². The fraction of sp³-hybridized carbons (Fsp3) is 0.333. The molecule has 2 nitrogen and oxygen atoms in total. The van der Waals surface area contributed by atoms with Crippen molar-refractivity contribution in [1.82, 2.24) is 4.90 Å². The quantitative estimate of drug-likeness (QED) is 0.890. The minimum absolute atomic E-state index is 0.148. The summed E-state index contributed by atoms with van der Waals surface area (Å²) in [7, 11) is 3.95. The molecule has 1 heterocycles. The summed E-state index contributed by atoms with van der Waals surface area (Å²) >= 11 is 1.59. The first kappa shape index (κ1) is 11.5. The van der Waals surface area contributed by atoms with Crippen LogP contribution in [-0.2, 0) is 13.1 Å². The number of hydrogen-bond acceptors (Lipinski definition) is 3. The maximum atomic E-state index is 13.8. The van der Waals surface area contributed by atoms with Gasteiger partial charge in [-0.3, -0.25) is 0 Å². The molecular weight excluding hydrogens is 223 g/mol. The van der Waals surface area contributed by atoms with Crippen LogP contribution in [0, 0.1) is 5.82 Å². The lowest BCUT2D eigenvalue weighted by Crippen LogP contribution is -2.12. The molecule has 4 heteroatoms. The molecule has 1 aromatic heterocycles. The summed E-state index contributed by atoms with van der Waals surface area (Å²) in [5.74, 6) is -0.148. The first-order valence-corrected chi connectivity index (χ1v) is 5.98. The second-order valence-corrected chi connectivity index (χ2v) is 5.20. The van der Waals surface area contributed by atoms with Gasteiger partial charge in [-0.2, -0.15) is 0 Å². The Morgan fingerprint density at radius 3 is 2.75 bits per heavy atom. The number of nitrogens with zero attached hydrogens (tertiary/aromatic N) is 1. The summed E-state index contributed by atoms with van der Waals surface area (Å²) in [5, 5.41) is 0.738. The predicted octanol–water partition coefficient (Wildman–Crippen LogP) is 2.56. The van der Waals surface area contributed by atoms with E-state index in [1.165, 1.54) is 6.07 Å². The Balaban J connectivity index is 2.66. The molecule has 0 saturated carbocycles. The molecule has 0 aliphatic rings. The molecule has 0 saturated heterocycles. The Morgan fingerprint density at radius 2 is 2.12 bits per heavy atom. The lowest BCUT2D eigenvalue weighted by atomic mass is 10.1. The summed E-state index contributed by atoms with van der Waals surface area (Å²) < 4.78 is 14.8. The van der Waals surface area contributed by atoms with Gasteiger partial charge in [0.1, 0.15) is 5.82 Å². The summed E-state index contributed by atoms with van der Waals surface area (Å²) in [6, 6.07) is 5.20. The molecule has 0 spiro atoms. The van der Waals surface area contributed by atoms with Crippen LogP contribution in [0.1, 0.15) is 10.4 Å². The van der Waals surface area contributed by atoms with Crippen LogP contribution in [0.3, 0.4) is 0 Å². The molecule has 2 N–H and O–H groups in total. The zero-order chi connectivity index (χ0) is 11.7. The fourth-order valence-corrected chi connectivity index (χ4v) is 2.97. The van der Waals surface area contributed by atoms with Gasteiger partial charge in [0.15, 0.2) is 0 Å². The van der Waals surface area contributed by atoms with Gasteiger partial charge in [-0.05, 0) is 31.8 Å². The monoisotopic (exact) mass is 238 g/mol. The molecule has 1 aromatic carbocycles. The summed E-state index contributed by atoms with van der Waals surface area (Å²) in [5.41, 5.74) is 6.74. The van der Waals surface area contributed by atoms with E-state index in [4.69, 9.17) is 5.73 Å². The van der Waals surface area contributed by atoms with Gasteiger partial charge in [0.2, 0.25) is 0 Å². The van der Waals surface area contributed by atoms with E-state index >= 15 is 0 Å². The molecule has 2 aromatic rings. The highest BCUT2D eigenvalue weighted by atomic mass is 32.1. The molecule has 0 radical (unpaired) electrons. The van der Waals surface area contributed by atoms with Crippen LogP contribution in [0.15, 0.2) is 18.2 Å². The van der Waals surface area contributed by atoms with Crippen molar-refractivity contribution in [3.8, 4) is 0 Å². The number of fused-ring (bicyclic) bond motifs is 1. The van der Waals surface area contributed by atoms with Crippen molar-refractivity contribution < 1.29 is 4.39 Å². The Kier molecular flexibility index (Phi) is 3.23. The predicted molar refractivity (Wildman–Crippen MR) is 67.1 cm³/mol. The molecule has 0 aliphatic heterocycles. The SMILES string of the molecule is CN(C)Cc1c(CN)sc2cccc(F)c12. The molecule has 0 fully saturated rings. The molecule has 0 atom stereocenters. The molecule has 0 aliphatic carbocycles. The lowest BCUT2D eigenvalue weighted by Gasteiger charge is -2.10. The van der Waals surface area contributed by atoms with E-state index in [1.54, 1.807) is 17.4 Å². The highest BCUT2D eigenvalue weighted by Gasteiger charge is 2.14. The Bertz CT molecular complexity index is 505. The average molecular weight is 238 g/mol. The third kappa shape index (κ3) is 1.96. The van der Waals surface area contributed by atoms with Crippen LogP contribution in [0.25, 0.3) is 10.1 Å². The van der Waals surface area contributed by atoms with Crippen LogP contribution in [0.2, 0.25) is 0 Å². The van der Waals surface area contributed by atoms with Gasteiger partial charge in [0.05, 0.1) is 0 Å². The van der Waals surface area contributed by atoms with E-state index < -0.39 is 0 Å². The first-order valence-electron chi connectivity index (χ1n) is 5.17. The van der Waals surface area contributed by atoms with Crippen molar-refractivity contribution in [2.24, 2.45) is 5.73 Å². The fourth-order valence-electron chi connectivity index (χ4n) is 1.86. The van der Waals surface area contributed by atoms with Gasteiger partial charge in [-0.1, -0.05) is 6.07 Å². The minimum Gasteiger partial charge on any atom is -0.326 e. The maximum Gasteiger partial charge on any atom is 0.132 e. The van der Waals surface area contributed by atoms with Crippen LogP contribution in [-0.4, -0.2) is 19.0 Å². The van der Waals surface area contributed by atoms with Crippen LogP contribution in [0.5, 0.6) is 0 Å². The smallest absolute Gasteiger partial charge is 0.132 e. The van der Waals surface area contributed by atoms with Gasteiger partial charge in [0, 0.05) is 28.1 Å². The van der Waals surface area contributed by atoms with E-state index in [9.17, 15) is 4.39 Å². The Hall–Kier alpha value is -0.970. The van der Waals surface area contributed by atoms with Crippen LogP contribution >= 0.6 is 11.3 Å². The molecule has 2 rings (SSSR count). The van der Waals surface area contributed by atoms with Crippen molar-refractivity contribution in [3.05, 3.63) is 34.5 Å². The van der Waals surface area contributed by atoms with Crippen molar-refractivity contribution in [2.45, 2.75) is 13.1 Å². The van der Waals surface area contributed by atoms with E-state index in [-0.39, 0.29) is 5.82 Å². The number of hydrogen-bond donors (Lipinski definition) is 1. The van der Waals surface area contributed by atoms with E-state index in [2.05, 4.69) is 0 Å². The zero-order valence-electron chi connectivity index (χ0n) is 9.46. The summed E-state index contributed by atoms with van der Waals surface area (Å²) in [4.78, 5) is 3.11. The first-order chi connectivity index (χ1) is 7.63. The van der Waals surface area contributed by atoms with E-state index in [1.807, 2.05) is 25.1 Å². The molecule has 0 amide bonds. The summed E-state index contributed by atoms with van der Waals surface area (Å²) in [6.45, 7) is 1.20. The number of thiophene rings is 1. The van der Waals surface area contributed by atoms with Crippen molar-refractivity contribution in [2.75, 3.05) is 14.1 Å². The molecule has 0 bridgehead atoms. The lowest BCUT2D eigenvalue weighted by molar-refractivity contribution is 0.403. The number of benzene rings is 1. The van der Waals surface area contributed by atoms with Gasteiger partial charge in [-0.25, -0.2) is 4.39 Å². The largest absolute Gasteiger partial charge is 0.326 e. The zero-order valence-corrected chi connectivity index (χ0v) is 10.3. The topological polar surface area (TPSA) is 29.3 Å². The third-order valence-electron chi connectivity index (χ3n) is 2.51. The number of rotatable bonds is 3. The van der Waals surface area contributed by atoms with E-state index in [0.717, 1.165) is 27.1 Å². The highest BCUT2D eigenvalue weighted by Crippen LogP contribution is 2.33. The normalized spacial score (nSPS) is 11.6. The summed E-state index contributed by atoms with van der Waals surface area (Å²) in [6.07, 6.45) is 0.